The highest BCUT2D eigenvalue weighted by Crippen LogP contribution is 2.36. The molecule has 7 heteroatoms. The van der Waals surface area contributed by atoms with Crippen molar-refractivity contribution in [2.45, 2.75) is 25.3 Å². The van der Waals surface area contributed by atoms with E-state index in [9.17, 15) is 8.78 Å². The zero-order valence-corrected chi connectivity index (χ0v) is 16.5. The molecule has 0 amide bonds. The van der Waals surface area contributed by atoms with Gasteiger partial charge in [-0.3, -0.25) is 4.90 Å². The molecule has 3 aromatic rings. The highest BCUT2D eigenvalue weighted by molar-refractivity contribution is 5.81. The van der Waals surface area contributed by atoms with Crippen molar-refractivity contribution >= 4 is 5.57 Å². The molecule has 0 spiro atoms. The van der Waals surface area contributed by atoms with Gasteiger partial charge in [-0.2, -0.15) is 0 Å². The van der Waals surface area contributed by atoms with Crippen molar-refractivity contribution in [1.82, 2.24) is 15.0 Å². The molecule has 1 unspecified atom stereocenters. The number of nitrogens with zero attached hydrogens (tertiary/aromatic N) is 2. The van der Waals surface area contributed by atoms with Gasteiger partial charge in [0, 0.05) is 42.1 Å². The fourth-order valence-electron chi connectivity index (χ4n) is 4.40. The molecule has 1 atom stereocenters. The Morgan fingerprint density at radius 1 is 1.13 bits per heavy atom. The Balaban J connectivity index is 1.37. The van der Waals surface area contributed by atoms with Crippen LogP contribution >= 0.6 is 0 Å². The van der Waals surface area contributed by atoms with Gasteiger partial charge in [0.15, 0.2) is 17.4 Å². The number of halogens is 2. The fourth-order valence-corrected chi connectivity index (χ4v) is 4.40. The number of allylic oxidation sites excluding steroid dienone is 1. The van der Waals surface area contributed by atoms with Gasteiger partial charge in [0.25, 0.3) is 0 Å². The van der Waals surface area contributed by atoms with Crippen LogP contribution in [0.4, 0.5) is 8.78 Å². The molecule has 156 valence electrons. The van der Waals surface area contributed by atoms with E-state index in [0.29, 0.717) is 17.4 Å². The van der Waals surface area contributed by atoms with E-state index in [1.165, 1.54) is 23.9 Å². The zero-order valence-electron chi connectivity index (χ0n) is 16.5. The predicted octanol–water partition coefficient (Wildman–Crippen LogP) is 4.88. The maximum absolute atomic E-state index is 14.3. The zero-order chi connectivity index (χ0) is 20.5. The van der Waals surface area contributed by atoms with Gasteiger partial charge in [-0.25, -0.2) is 8.78 Å². The Labute approximate surface area is 173 Å². The smallest absolute Gasteiger partial charge is 0.176 e. The lowest BCUT2D eigenvalue weighted by molar-refractivity contribution is 0.0150. The van der Waals surface area contributed by atoms with Gasteiger partial charge in [0.05, 0.1) is 25.0 Å². The summed E-state index contributed by atoms with van der Waals surface area (Å²) >= 11 is 0. The molecule has 3 heterocycles. The molecule has 0 bridgehead atoms. The maximum atomic E-state index is 14.3. The van der Waals surface area contributed by atoms with Gasteiger partial charge in [-0.15, -0.1) is 0 Å². The molecule has 2 aromatic heterocycles. The van der Waals surface area contributed by atoms with Gasteiger partial charge in [-0.1, -0.05) is 23.4 Å². The third-order valence-corrected chi connectivity index (χ3v) is 6.05. The fraction of sp³-hybridized carbons (Fsp3) is 0.348. The van der Waals surface area contributed by atoms with Gasteiger partial charge < -0.3 is 14.2 Å². The summed E-state index contributed by atoms with van der Waals surface area (Å²) in [6.07, 6.45) is 8.67. The molecule has 2 aliphatic rings. The predicted molar refractivity (Wildman–Crippen MR) is 110 cm³/mol. The van der Waals surface area contributed by atoms with E-state index in [0.717, 1.165) is 62.9 Å². The standard InChI is InChI=1S/C23H23F2N3O2/c24-20-3-1-2-18(22(20)25)19-14-27-30-23(19)16-12-21(26-13-16)15-4-6-17(7-5-15)28-8-10-29-11-9-28/h1-4,12-14,17,26H,5-11H2. The van der Waals surface area contributed by atoms with Crippen molar-refractivity contribution in [3.63, 3.8) is 0 Å². The molecule has 1 aliphatic carbocycles. The Morgan fingerprint density at radius 3 is 2.80 bits per heavy atom. The molecular formula is C23H23F2N3O2. The van der Waals surface area contributed by atoms with E-state index in [4.69, 9.17) is 9.26 Å². The van der Waals surface area contributed by atoms with E-state index in [-0.39, 0.29) is 5.56 Å². The number of hydrogen-bond acceptors (Lipinski definition) is 4. The number of rotatable bonds is 4. The number of ether oxygens (including phenoxy) is 1. The summed E-state index contributed by atoms with van der Waals surface area (Å²) in [6, 6.07) is 6.66. The van der Waals surface area contributed by atoms with Crippen molar-refractivity contribution in [3.05, 3.63) is 60.1 Å². The van der Waals surface area contributed by atoms with Crippen LogP contribution in [0, 0.1) is 11.6 Å². The first-order chi connectivity index (χ1) is 14.7. The number of hydrogen-bond donors (Lipinski definition) is 1. The molecule has 1 saturated heterocycles. The molecule has 30 heavy (non-hydrogen) atoms. The van der Waals surface area contributed by atoms with E-state index in [1.54, 1.807) is 0 Å². The van der Waals surface area contributed by atoms with Crippen LogP contribution in [0.2, 0.25) is 0 Å². The van der Waals surface area contributed by atoms with E-state index in [2.05, 4.69) is 21.1 Å². The largest absolute Gasteiger partial charge is 0.379 e. The van der Waals surface area contributed by atoms with Crippen molar-refractivity contribution < 1.29 is 18.0 Å². The first-order valence-electron chi connectivity index (χ1n) is 10.3. The lowest BCUT2D eigenvalue weighted by atomic mass is 9.92. The number of nitrogens with one attached hydrogen (secondary N) is 1. The monoisotopic (exact) mass is 411 g/mol. The molecule has 1 aromatic carbocycles. The third-order valence-electron chi connectivity index (χ3n) is 6.05. The van der Waals surface area contributed by atoms with Gasteiger partial charge in [0.1, 0.15) is 0 Å². The van der Waals surface area contributed by atoms with Gasteiger partial charge >= 0.3 is 0 Å². The molecule has 1 fully saturated rings. The molecule has 1 aliphatic heterocycles. The van der Waals surface area contributed by atoms with Crippen molar-refractivity contribution in [1.29, 1.82) is 0 Å². The Bertz CT molecular complexity index is 1070. The summed E-state index contributed by atoms with van der Waals surface area (Å²) in [6.45, 7) is 3.65. The normalized spacial score (nSPS) is 20.3. The van der Waals surface area contributed by atoms with Crippen LogP contribution < -0.4 is 0 Å². The molecule has 5 nitrogen and oxygen atoms in total. The minimum atomic E-state index is -0.901. The second-order valence-electron chi connectivity index (χ2n) is 7.78. The Kier molecular flexibility index (Phi) is 5.23. The average molecular weight is 411 g/mol. The highest BCUT2D eigenvalue weighted by atomic mass is 19.2. The first kappa shape index (κ1) is 19.2. The van der Waals surface area contributed by atoms with Crippen LogP contribution in [0.3, 0.4) is 0 Å². The van der Waals surface area contributed by atoms with Crippen molar-refractivity contribution in [3.8, 4) is 22.5 Å². The van der Waals surface area contributed by atoms with E-state index >= 15 is 0 Å². The van der Waals surface area contributed by atoms with Crippen LogP contribution in [0.1, 0.15) is 25.0 Å². The molecule has 0 saturated carbocycles. The van der Waals surface area contributed by atoms with Crippen LogP contribution in [0.25, 0.3) is 28.0 Å². The van der Waals surface area contributed by atoms with Crippen LogP contribution in [-0.2, 0) is 4.74 Å². The summed E-state index contributed by atoms with van der Waals surface area (Å²) in [7, 11) is 0. The maximum Gasteiger partial charge on any atom is 0.176 e. The summed E-state index contributed by atoms with van der Waals surface area (Å²) in [5.41, 5.74) is 3.62. The SMILES string of the molecule is Fc1cccc(-c2cnoc2-c2c[nH]c(C3=CCC(N4CCOCC4)CC3)c2)c1F. The highest BCUT2D eigenvalue weighted by Gasteiger charge is 2.24. The van der Waals surface area contributed by atoms with E-state index in [1.807, 2.05) is 12.3 Å². The Morgan fingerprint density at radius 2 is 2.00 bits per heavy atom. The number of aromatic nitrogens is 2. The van der Waals surface area contributed by atoms with Gasteiger partial charge in [0.2, 0.25) is 0 Å². The minimum absolute atomic E-state index is 0.138. The summed E-state index contributed by atoms with van der Waals surface area (Å²) < 4.78 is 38.8. The van der Waals surface area contributed by atoms with Crippen LogP contribution in [0.15, 0.2) is 47.3 Å². The third kappa shape index (κ3) is 3.59. The summed E-state index contributed by atoms with van der Waals surface area (Å²) in [4.78, 5) is 5.82. The lowest BCUT2D eigenvalue weighted by Gasteiger charge is -2.36. The number of benzene rings is 1. The lowest BCUT2D eigenvalue weighted by Crippen LogP contribution is -2.43. The number of aromatic amines is 1. The summed E-state index contributed by atoms with van der Waals surface area (Å²) in [5.74, 6) is -1.37. The van der Waals surface area contributed by atoms with Crippen molar-refractivity contribution in [2.75, 3.05) is 26.3 Å². The second kappa shape index (κ2) is 8.16. The second-order valence-corrected chi connectivity index (χ2v) is 7.78. The van der Waals surface area contributed by atoms with Gasteiger partial charge in [-0.05, 0) is 37.0 Å². The summed E-state index contributed by atoms with van der Waals surface area (Å²) in [5, 5.41) is 3.82. The Hall–Kier alpha value is -2.77. The molecule has 0 radical (unpaired) electrons. The van der Waals surface area contributed by atoms with Crippen LogP contribution in [0.5, 0.6) is 0 Å². The average Bonchev–Trinajstić information content (AvgIpc) is 3.46. The minimum Gasteiger partial charge on any atom is -0.379 e. The quantitative estimate of drug-likeness (QED) is 0.665. The van der Waals surface area contributed by atoms with Crippen molar-refractivity contribution in [2.24, 2.45) is 0 Å². The molecular weight excluding hydrogens is 388 g/mol. The van der Waals surface area contributed by atoms with E-state index < -0.39 is 11.6 Å². The molecule has 1 N–H and O–H groups in total. The van der Waals surface area contributed by atoms with Crippen LogP contribution in [-0.4, -0.2) is 47.4 Å². The topological polar surface area (TPSA) is 54.3 Å². The number of H-pyrrole nitrogens is 1. The number of morpholine rings is 1. The first-order valence-corrected chi connectivity index (χ1v) is 10.3. The molecule has 5 rings (SSSR count).